The van der Waals surface area contributed by atoms with Gasteiger partial charge in [-0.2, -0.15) is 0 Å². The molecule has 0 aromatic rings. The molecule has 6 fully saturated rings. The van der Waals surface area contributed by atoms with Gasteiger partial charge < -0.3 is 4.84 Å². The molecule has 10 atom stereocenters. The van der Waals surface area contributed by atoms with Crippen molar-refractivity contribution in [3.63, 3.8) is 0 Å². The van der Waals surface area contributed by atoms with Crippen molar-refractivity contribution in [2.24, 2.45) is 46.8 Å². The fourth-order valence-electron chi connectivity index (χ4n) is 7.48. The zero-order chi connectivity index (χ0) is 13.1. The molecule has 0 saturated heterocycles. The second-order valence-electron chi connectivity index (χ2n) is 7.11. The van der Waals surface area contributed by atoms with E-state index in [4.69, 9.17) is 0 Å². The van der Waals surface area contributed by atoms with Crippen molar-refractivity contribution in [1.82, 2.24) is 0 Å². The van der Waals surface area contributed by atoms with Crippen molar-refractivity contribution < 1.29 is 9.92 Å². The highest BCUT2D eigenvalue weighted by molar-refractivity contribution is 14.1. The molecule has 6 rings (SSSR count). The summed E-state index contributed by atoms with van der Waals surface area (Å²) in [7, 11) is 0. The Kier molecular flexibility index (Phi) is 2.27. The molecule has 0 aromatic heterocycles. The highest BCUT2D eigenvalue weighted by atomic mass is 127. The molecule has 0 spiro atoms. The normalized spacial score (nSPS) is 65.7. The van der Waals surface area contributed by atoms with Crippen molar-refractivity contribution in [3.8, 4) is 0 Å². The number of rotatable bonds is 4. The van der Waals surface area contributed by atoms with Crippen molar-refractivity contribution >= 4 is 45.2 Å². The van der Waals surface area contributed by atoms with Crippen LogP contribution in [-0.4, -0.2) is 19.5 Å². The van der Waals surface area contributed by atoms with Crippen LogP contribution < -0.4 is 0 Å². The molecule has 6 saturated carbocycles. The topological polar surface area (TPSA) is 52.4 Å². The standard InChI is InChI=1S/C13H15I2NO3/c14-11-8-4-3-5-7-6(4)10(11)13(9(5)8,12(7)15)1-2-19-16(17)18/h4-12H,1-3H2/t4-,5+,6-,7-,8+,9+,10-,11-,12+,13-/m0/s1. The van der Waals surface area contributed by atoms with Crippen LogP contribution in [0.1, 0.15) is 12.8 Å². The fraction of sp³-hybridized carbons (Fsp3) is 1.00. The first-order valence-electron chi connectivity index (χ1n) is 7.14. The Balaban J connectivity index is 1.52. The van der Waals surface area contributed by atoms with Crippen molar-refractivity contribution in [1.29, 1.82) is 0 Å². The van der Waals surface area contributed by atoms with Gasteiger partial charge in [-0.25, -0.2) is 0 Å². The summed E-state index contributed by atoms with van der Waals surface area (Å²) in [6.07, 6.45) is 2.39. The third kappa shape index (κ3) is 1.07. The molecule has 104 valence electrons. The van der Waals surface area contributed by atoms with Crippen LogP contribution in [0.5, 0.6) is 0 Å². The highest BCUT2D eigenvalue weighted by Crippen LogP contribution is 2.89. The predicted molar refractivity (Wildman–Crippen MR) is 84.7 cm³/mol. The molecule has 6 heteroatoms. The third-order valence-corrected chi connectivity index (χ3v) is 10.9. The lowest BCUT2D eigenvalue weighted by atomic mass is 9.62. The third-order valence-electron chi connectivity index (χ3n) is 7.30. The van der Waals surface area contributed by atoms with E-state index in [1.165, 1.54) is 6.42 Å². The maximum atomic E-state index is 10.4. The SMILES string of the molecule is O=[N+]([O-])OCC[C@]12[C@@H]3[C@@H](I)[C@@H]4[C@H]5C[C@H]([C@@H]([C@H]53)[C@H]1I)[C@H]42. The number of hydrogen-bond acceptors (Lipinski definition) is 3. The Morgan fingerprint density at radius 2 is 2.00 bits per heavy atom. The summed E-state index contributed by atoms with van der Waals surface area (Å²) in [6, 6.07) is 0. The van der Waals surface area contributed by atoms with E-state index >= 15 is 0 Å². The largest absolute Gasteiger partial charge is 0.314 e. The average molecular weight is 487 g/mol. The maximum absolute atomic E-state index is 10.4. The summed E-state index contributed by atoms with van der Waals surface area (Å²) in [6.45, 7) is 0.312. The zero-order valence-corrected chi connectivity index (χ0v) is 14.6. The molecule has 0 radical (unpaired) electrons. The number of halogens is 2. The Hall–Kier alpha value is 0.660. The molecule has 0 amide bonds. The van der Waals surface area contributed by atoms with Crippen molar-refractivity contribution in [3.05, 3.63) is 10.1 Å². The second-order valence-corrected chi connectivity index (χ2v) is 9.89. The molecule has 0 heterocycles. The lowest BCUT2D eigenvalue weighted by Gasteiger charge is -2.42. The molecular formula is C13H15I2NO3. The van der Waals surface area contributed by atoms with Crippen LogP contribution in [0.15, 0.2) is 0 Å². The van der Waals surface area contributed by atoms with Crippen LogP contribution in [0.2, 0.25) is 0 Å². The lowest BCUT2D eigenvalue weighted by Crippen LogP contribution is -2.40. The second kappa shape index (κ2) is 3.52. The summed E-state index contributed by atoms with van der Waals surface area (Å²) in [5.74, 6) is 6.51. The van der Waals surface area contributed by atoms with Gasteiger partial charge in [0.2, 0.25) is 0 Å². The molecule has 0 N–H and O–H groups in total. The molecule has 6 aliphatic rings. The van der Waals surface area contributed by atoms with Crippen LogP contribution in [0.3, 0.4) is 0 Å². The first-order chi connectivity index (χ1) is 9.09. The van der Waals surface area contributed by atoms with Crippen LogP contribution in [0, 0.1) is 57.0 Å². The van der Waals surface area contributed by atoms with Crippen LogP contribution in [0.25, 0.3) is 0 Å². The number of hydrogen-bond donors (Lipinski definition) is 0. The van der Waals surface area contributed by atoms with E-state index in [9.17, 15) is 10.1 Å². The van der Waals surface area contributed by atoms with Gasteiger partial charge in [-0.3, -0.25) is 0 Å². The summed E-state index contributed by atoms with van der Waals surface area (Å²) < 4.78 is 1.59. The fourth-order valence-corrected chi connectivity index (χ4v) is 11.8. The average Bonchev–Trinajstić information content (AvgIpc) is 3.05. The summed E-state index contributed by atoms with van der Waals surface area (Å²) in [4.78, 5) is 15.1. The first-order valence-corrected chi connectivity index (χ1v) is 9.63. The van der Waals surface area contributed by atoms with Gasteiger partial charge in [0.05, 0.1) is 6.61 Å². The molecule has 0 aromatic carbocycles. The number of nitrogens with zero attached hydrogens (tertiary/aromatic N) is 1. The quantitative estimate of drug-likeness (QED) is 0.266. The Morgan fingerprint density at radius 3 is 2.74 bits per heavy atom. The van der Waals surface area contributed by atoms with Gasteiger partial charge >= 0.3 is 0 Å². The summed E-state index contributed by atoms with van der Waals surface area (Å²) in [5, 5.41) is 9.81. The van der Waals surface area contributed by atoms with E-state index < -0.39 is 5.09 Å². The summed E-state index contributed by atoms with van der Waals surface area (Å²) >= 11 is 5.40. The number of alkyl halides is 2. The van der Waals surface area contributed by atoms with E-state index in [-0.39, 0.29) is 0 Å². The van der Waals surface area contributed by atoms with Crippen molar-refractivity contribution in [2.75, 3.05) is 6.61 Å². The first kappa shape index (κ1) is 12.2. The van der Waals surface area contributed by atoms with E-state index in [0.717, 1.165) is 55.7 Å². The van der Waals surface area contributed by atoms with E-state index in [1.807, 2.05) is 0 Å². The van der Waals surface area contributed by atoms with Gasteiger partial charge in [0.25, 0.3) is 5.09 Å². The zero-order valence-electron chi connectivity index (χ0n) is 10.2. The van der Waals surface area contributed by atoms with Crippen molar-refractivity contribution in [2.45, 2.75) is 20.7 Å². The highest BCUT2D eigenvalue weighted by Gasteiger charge is 2.87. The van der Waals surface area contributed by atoms with E-state index in [2.05, 4.69) is 50.0 Å². The Labute approximate surface area is 138 Å². The Morgan fingerprint density at radius 1 is 1.21 bits per heavy atom. The van der Waals surface area contributed by atoms with E-state index in [1.54, 1.807) is 0 Å². The minimum atomic E-state index is -0.621. The smallest absolute Gasteiger partial charge is 0.294 e. The summed E-state index contributed by atoms with van der Waals surface area (Å²) in [5.41, 5.74) is 0.389. The monoisotopic (exact) mass is 487 g/mol. The maximum Gasteiger partial charge on any atom is 0.294 e. The van der Waals surface area contributed by atoms with Gasteiger partial charge in [0.1, 0.15) is 0 Å². The minimum Gasteiger partial charge on any atom is -0.314 e. The molecular weight excluding hydrogens is 472 g/mol. The van der Waals surface area contributed by atoms with Gasteiger partial charge in [-0.1, -0.05) is 45.2 Å². The molecule has 19 heavy (non-hydrogen) atoms. The van der Waals surface area contributed by atoms with Crippen LogP contribution in [-0.2, 0) is 4.84 Å². The Bertz CT molecular complexity index is 485. The van der Waals surface area contributed by atoms with Crippen LogP contribution >= 0.6 is 45.2 Å². The molecule has 0 unspecified atom stereocenters. The molecule has 6 aliphatic carbocycles. The van der Waals surface area contributed by atoms with Gasteiger partial charge in [-0.05, 0) is 59.7 Å². The van der Waals surface area contributed by atoms with E-state index in [0.29, 0.717) is 12.0 Å². The molecule has 0 aliphatic heterocycles. The lowest BCUT2D eigenvalue weighted by molar-refractivity contribution is -0.758. The van der Waals surface area contributed by atoms with Gasteiger partial charge in [0, 0.05) is 7.85 Å². The predicted octanol–water partition coefficient (Wildman–Crippen LogP) is 2.95. The minimum absolute atomic E-state index is 0.312. The van der Waals surface area contributed by atoms with Gasteiger partial charge in [-0.15, -0.1) is 10.1 Å². The van der Waals surface area contributed by atoms with Crippen LogP contribution in [0.4, 0.5) is 0 Å². The molecule has 4 nitrogen and oxygen atoms in total. The molecule has 6 bridgehead atoms. The van der Waals surface area contributed by atoms with Gasteiger partial charge in [0.15, 0.2) is 0 Å².